The summed E-state index contributed by atoms with van der Waals surface area (Å²) in [4.78, 5) is 37.8. The van der Waals surface area contributed by atoms with E-state index >= 15 is 0 Å². The molecule has 0 saturated carbocycles. The number of non-ortho nitro benzene ring substituents is 1. The van der Waals surface area contributed by atoms with E-state index in [0.717, 1.165) is 5.56 Å². The predicted molar refractivity (Wildman–Crippen MR) is 121 cm³/mol. The molecule has 0 unspecified atom stereocenters. The lowest BCUT2D eigenvalue weighted by Crippen LogP contribution is -2.29. The largest absolute Gasteiger partial charge is 0.507 e. The molecule has 0 radical (unpaired) electrons. The van der Waals surface area contributed by atoms with E-state index in [2.05, 4.69) is 0 Å². The Balaban J connectivity index is 1.90. The van der Waals surface area contributed by atoms with Gasteiger partial charge in [-0.15, -0.1) is 0 Å². The molecule has 3 aromatic carbocycles. The van der Waals surface area contributed by atoms with E-state index in [9.17, 15) is 24.8 Å². The molecule has 8 heteroatoms. The molecule has 0 bridgehead atoms. The molecule has 32 heavy (non-hydrogen) atoms. The highest BCUT2D eigenvalue weighted by Gasteiger charge is 2.46. The third-order valence-corrected chi connectivity index (χ3v) is 5.55. The summed E-state index contributed by atoms with van der Waals surface area (Å²) >= 11 is 6.02. The molecule has 3 aromatic rings. The van der Waals surface area contributed by atoms with Crippen LogP contribution in [0, 0.1) is 17.0 Å². The fourth-order valence-corrected chi connectivity index (χ4v) is 3.79. The van der Waals surface area contributed by atoms with Crippen molar-refractivity contribution in [1.82, 2.24) is 0 Å². The van der Waals surface area contributed by atoms with Crippen LogP contribution in [0.15, 0.2) is 78.4 Å². The molecule has 1 saturated heterocycles. The summed E-state index contributed by atoms with van der Waals surface area (Å²) in [6.07, 6.45) is 0. The number of hydrogen-bond acceptors (Lipinski definition) is 5. The highest BCUT2D eigenvalue weighted by Crippen LogP contribution is 2.42. The monoisotopic (exact) mass is 448 g/mol. The van der Waals surface area contributed by atoms with Gasteiger partial charge >= 0.3 is 0 Å². The zero-order valence-corrected chi connectivity index (χ0v) is 17.6. The van der Waals surface area contributed by atoms with Crippen molar-refractivity contribution >= 4 is 40.4 Å². The van der Waals surface area contributed by atoms with E-state index in [1.54, 1.807) is 36.4 Å². The topological polar surface area (TPSA) is 101 Å². The first-order valence-electron chi connectivity index (χ1n) is 9.66. The highest BCUT2D eigenvalue weighted by atomic mass is 35.5. The van der Waals surface area contributed by atoms with Crippen LogP contribution in [-0.4, -0.2) is 21.7 Å². The average Bonchev–Trinajstić information content (AvgIpc) is 3.05. The number of Topliss-reactive ketones (excluding diaryl/α,β-unsaturated/α-hetero) is 1. The van der Waals surface area contributed by atoms with Crippen LogP contribution in [-0.2, 0) is 9.59 Å². The summed E-state index contributed by atoms with van der Waals surface area (Å²) in [6, 6.07) is 18.0. The minimum absolute atomic E-state index is 0.105. The molecule has 0 aromatic heterocycles. The maximum Gasteiger partial charge on any atom is 0.300 e. The van der Waals surface area contributed by atoms with E-state index in [1.165, 1.54) is 29.2 Å². The normalized spacial score (nSPS) is 17.6. The second-order valence-corrected chi connectivity index (χ2v) is 7.80. The summed E-state index contributed by atoms with van der Waals surface area (Å²) < 4.78 is 0. The Labute approximate surface area is 188 Å². The van der Waals surface area contributed by atoms with Crippen LogP contribution in [0.5, 0.6) is 0 Å². The van der Waals surface area contributed by atoms with Crippen molar-refractivity contribution in [2.45, 2.75) is 13.0 Å². The minimum atomic E-state index is -0.898. The number of aliphatic hydroxyl groups is 1. The van der Waals surface area contributed by atoms with Crippen molar-refractivity contribution in [3.8, 4) is 0 Å². The number of benzene rings is 3. The Morgan fingerprint density at radius 1 is 0.969 bits per heavy atom. The summed E-state index contributed by atoms with van der Waals surface area (Å²) in [7, 11) is 0. The van der Waals surface area contributed by atoms with Crippen molar-refractivity contribution in [3.63, 3.8) is 0 Å². The number of ketones is 1. The first-order valence-corrected chi connectivity index (χ1v) is 10.0. The standard InChI is InChI=1S/C24H17ClN2O5/c1-14-2-10-18(11-3-14)26-21(15-4-8-17(25)9-5-15)20(23(29)24(26)30)22(28)16-6-12-19(13-7-16)27(31)32/h2-13,21,28H,1H3/b22-20+/t21-/m1/s1. The van der Waals surface area contributed by atoms with Gasteiger partial charge in [0.2, 0.25) is 0 Å². The van der Waals surface area contributed by atoms with Crippen LogP contribution in [0.2, 0.25) is 5.02 Å². The zero-order chi connectivity index (χ0) is 23.0. The molecule has 1 fully saturated rings. The number of nitro benzene ring substituents is 1. The number of hydrogen-bond donors (Lipinski definition) is 1. The summed E-state index contributed by atoms with van der Waals surface area (Å²) in [5.74, 6) is -2.04. The van der Waals surface area contributed by atoms with E-state index < -0.39 is 28.4 Å². The smallest absolute Gasteiger partial charge is 0.300 e. The van der Waals surface area contributed by atoms with Gasteiger partial charge in [0.1, 0.15) is 5.76 Å². The van der Waals surface area contributed by atoms with E-state index in [1.807, 2.05) is 19.1 Å². The van der Waals surface area contributed by atoms with Crippen LogP contribution in [0.4, 0.5) is 11.4 Å². The Kier molecular flexibility index (Phi) is 5.50. The Hall–Kier alpha value is -3.97. The molecule has 7 nitrogen and oxygen atoms in total. The second kappa shape index (κ2) is 8.28. The first-order chi connectivity index (χ1) is 15.3. The molecule has 0 aliphatic carbocycles. The molecular formula is C24H17ClN2O5. The maximum absolute atomic E-state index is 13.1. The molecule has 1 heterocycles. The molecular weight excluding hydrogens is 432 g/mol. The van der Waals surface area contributed by atoms with Crippen molar-refractivity contribution in [2.75, 3.05) is 4.90 Å². The number of aryl methyl sites for hydroxylation is 1. The number of halogens is 1. The molecule has 160 valence electrons. The van der Waals surface area contributed by atoms with Gasteiger partial charge in [-0.1, -0.05) is 41.4 Å². The quantitative estimate of drug-likeness (QED) is 0.195. The molecule has 1 aliphatic rings. The lowest BCUT2D eigenvalue weighted by atomic mass is 9.95. The molecule has 1 N–H and O–H groups in total. The first kappa shape index (κ1) is 21.3. The SMILES string of the molecule is Cc1ccc(N2C(=O)C(=O)/C(=C(/O)c3ccc([N+](=O)[O-])cc3)[C@H]2c2ccc(Cl)cc2)cc1. The fraction of sp³-hybridized carbons (Fsp3) is 0.0833. The molecule has 1 amide bonds. The number of amides is 1. The number of aliphatic hydroxyl groups excluding tert-OH is 1. The van der Waals surface area contributed by atoms with Gasteiger partial charge in [0, 0.05) is 28.4 Å². The lowest BCUT2D eigenvalue weighted by Gasteiger charge is -2.25. The fourth-order valence-electron chi connectivity index (χ4n) is 3.66. The van der Waals surface area contributed by atoms with Gasteiger partial charge in [0.25, 0.3) is 17.4 Å². The van der Waals surface area contributed by atoms with Gasteiger partial charge in [-0.25, -0.2) is 0 Å². The number of carbonyl (C=O) groups is 2. The number of anilines is 1. The van der Waals surface area contributed by atoms with Gasteiger partial charge in [-0.2, -0.15) is 0 Å². The number of nitrogens with zero attached hydrogens (tertiary/aromatic N) is 2. The van der Waals surface area contributed by atoms with Gasteiger partial charge in [-0.05, 0) is 48.9 Å². The number of nitro groups is 1. The van der Waals surface area contributed by atoms with E-state index in [0.29, 0.717) is 16.3 Å². The maximum atomic E-state index is 13.1. The van der Waals surface area contributed by atoms with Crippen molar-refractivity contribution in [3.05, 3.63) is 110 Å². The molecule has 1 atom stereocenters. The highest BCUT2D eigenvalue weighted by molar-refractivity contribution is 6.51. The summed E-state index contributed by atoms with van der Waals surface area (Å²) in [6.45, 7) is 1.91. The zero-order valence-electron chi connectivity index (χ0n) is 16.9. The molecule has 0 spiro atoms. The Bertz CT molecular complexity index is 1250. The van der Waals surface area contributed by atoms with Crippen molar-refractivity contribution in [1.29, 1.82) is 0 Å². The van der Waals surface area contributed by atoms with Crippen molar-refractivity contribution in [2.24, 2.45) is 0 Å². The predicted octanol–water partition coefficient (Wildman–Crippen LogP) is 5.18. The summed E-state index contributed by atoms with van der Waals surface area (Å²) in [5, 5.41) is 22.4. The van der Waals surface area contributed by atoms with Crippen LogP contribution in [0.25, 0.3) is 5.76 Å². The molecule has 4 rings (SSSR count). The van der Waals surface area contributed by atoms with Gasteiger partial charge in [0.15, 0.2) is 0 Å². The third kappa shape index (κ3) is 3.74. The Morgan fingerprint density at radius 3 is 2.12 bits per heavy atom. The summed E-state index contributed by atoms with van der Waals surface area (Å²) in [5.41, 5.74) is 2.00. The second-order valence-electron chi connectivity index (χ2n) is 7.36. The van der Waals surface area contributed by atoms with Crippen LogP contribution < -0.4 is 4.90 Å². The lowest BCUT2D eigenvalue weighted by molar-refractivity contribution is -0.384. The van der Waals surface area contributed by atoms with Gasteiger partial charge in [0.05, 0.1) is 16.5 Å². The number of rotatable bonds is 4. The van der Waals surface area contributed by atoms with Crippen LogP contribution in [0.1, 0.15) is 22.7 Å². The van der Waals surface area contributed by atoms with Gasteiger partial charge < -0.3 is 5.11 Å². The number of carbonyl (C=O) groups excluding carboxylic acids is 2. The third-order valence-electron chi connectivity index (χ3n) is 5.29. The Morgan fingerprint density at radius 2 is 1.56 bits per heavy atom. The van der Waals surface area contributed by atoms with E-state index in [-0.39, 0.29) is 16.8 Å². The van der Waals surface area contributed by atoms with Gasteiger partial charge in [-0.3, -0.25) is 24.6 Å². The van der Waals surface area contributed by atoms with Crippen LogP contribution in [0.3, 0.4) is 0 Å². The van der Waals surface area contributed by atoms with E-state index in [4.69, 9.17) is 11.6 Å². The average molecular weight is 449 g/mol. The molecule has 1 aliphatic heterocycles. The minimum Gasteiger partial charge on any atom is -0.507 e. The van der Waals surface area contributed by atoms with Crippen LogP contribution >= 0.6 is 11.6 Å². The van der Waals surface area contributed by atoms with Crippen molar-refractivity contribution < 1.29 is 19.6 Å².